The number of H-pyrrole nitrogens is 1. The molecular weight excluding hydrogens is 534 g/mol. The van der Waals surface area contributed by atoms with Crippen LogP contribution in [0.5, 0.6) is 0 Å². The van der Waals surface area contributed by atoms with Crippen LogP contribution in [-0.4, -0.2) is 14.1 Å². The summed E-state index contributed by atoms with van der Waals surface area (Å²) in [6.07, 6.45) is 11.7. The van der Waals surface area contributed by atoms with E-state index in [-0.39, 0.29) is 22.2 Å². The second-order valence-electron chi connectivity index (χ2n) is 17.8. The zero-order valence-electron chi connectivity index (χ0n) is 30.5. The Labute approximate surface area is 263 Å². The van der Waals surface area contributed by atoms with E-state index in [4.69, 9.17) is 0 Å². The molecule has 6 heteroatoms. The van der Waals surface area contributed by atoms with E-state index in [0.29, 0.717) is 30.3 Å². The molecule has 4 rings (SSSR count). The van der Waals surface area contributed by atoms with Gasteiger partial charge in [0.05, 0.1) is 0 Å². The van der Waals surface area contributed by atoms with E-state index in [1.807, 2.05) is 13.8 Å². The smallest absolute Gasteiger partial charge is 0.259 e. The number of rotatable bonds is 5. The highest BCUT2D eigenvalue weighted by Crippen LogP contribution is 2.50. The van der Waals surface area contributed by atoms with Crippen molar-refractivity contribution in [3.05, 3.63) is 31.5 Å². The molecule has 0 aliphatic heterocycles. The first-order valence-corrected chi connectivity index (χ1v) is 17.7. The predicted molar refractivity (Wildman–Crippen MR) is 183 cm³/mol. The average Bonchev–Trinajstić information content (AvgIpc) is 2.82. The number of hydrogen-bond donors (Lipinski definition) is 1. The number of hydrogen-bond acceptors (Lipinski definition) is 3. The fourth-order valence-electron chi connectivity index (χ4n) is 10.3. The van der Waals surface area contributed by atoms with E-state index in [1.165, 1.54) is 41.2 Å². The van der Waals surface area contributed by atoms with Gasteiger partial charge in [-0.3, -0.25) is 4.98 Å². The summed E-state index contributed by atoms with van der Waals surface area (Å²) < 4.78 is 2.59. The van der Waals surface area contributed by atoms with Crippen LogP contribution in [0.1, 0.15) is 154 Å². The SMILES string of the molecule is CC.CC1CC(C)CC(C)(C)C1.CCC1CC(C)(C)CC(C)(Cn2c(=O)[nH]c(=O)n(CC3CC(C)CC(C)(C)C3)c2=O)C1. The molecule has 1 heterocycles. The molecule has 250 valence electrons. The lowest BCUT2D eigenvalue weighted by molar-refractivity contribution is 0.0367. The van der Waals surface area contributed by atoms with E-state index in [2.05, 4.69) is 81.1 Å². The minimum Gasteiger partial charge on any atom is -0.259 e. The summed E-state index contributed by atoms with van der Waals surface area (Å²) in [5.74, 6) is 3.36. The van der Waals surface area contributed by atoms with Gasteiger partial charge in [0, 0.05) is 13.1 Å². The maximum Gasteiger partial charge on any atom is 0.336 e. The average molecular weight is 604 g/mol. The predicted octanol–water partition coefficient (Wildman–Crippen LogP) is 8.90. The van der Waals surface area contributed by atoms with E-state index < -0.39 is 17.1 Å². The summed E-state index contributed by atoms with van der Waals surface area (Å²) in [6.45, 7) is 30.1. The van der Waals surface area contributed by atoms with Crippen molar-refractivity contribution in [2.75, 3.05) is 0 Å². The van der Waals surface area contributed by atoms with Gasteiger partial charge in [-0.1, -0.05) is 96.4 Å². The number of nitrogens with one attached hydrogen (secondary N) is 1. The van der Waals surface area contributed by atoms with E-state index in [0.717, 1.165) is 43.9 Å². The zero-order chi connectivity index (χ0) is 33.0. The number of aromatic amines is 1. The van der Waals surface area contributed by atoms with Crippen molar-refractivity contribution in [2.24, 2.45) is 51.2 Å². The van der Waals surface area contributed by atoms with Crippen molar-refractivity contribution in [2.45, 2.75) is 167 Å². The first kappa shape index (κ1) is 37.6. The van der Waals surface area contributed by atoms with E-state index in [1.54, 1.807) is 0 Å². The van der Waals surface area contributed by atoms with Gasteiger partial charge in [0.2, 0.25) is 0 Å². The van der Waals surface area contributed by atoms with Crippen LogP contribution < -0.4 is 17.1 Å². The third-order valence-electron chi connectivity index (χ3n) is 10.3. The zero-order valence-corrected chi connectivity index (χ0v) is 30.5. The summed E-state index contributed by atoms with van der Waals surface area (Å²) in [5.41, 5.74) is -0.697. The fraction of sp³-hybridized carbons (Fsp3) is 0.919. The highest BCUT2D eigenvalue weighted by atomic mass is 16.2. The highest BCUT2D eigenvalue weighted by Gasteiger charge is 2.41. The molecule has 3 fully saturated rings. The molecule has 6 atom stereocenters. The van der Waals surface area contributed by atoms with Crippen LogP contribution in [0, 0.1) is 51.2 Å². The van der Waals surface area contributed by atoms with Crippen LogP contribution in [0.4, 0.5) is 0 Å². The second-order valence-corrected chi connectivity index (χ2v) is 17.8. The molecule has 6 unspecified atom stereocenters. The third kappa shape index (κ3) is 11.1. The normalized spacial score (nSPS) is 32.9. The number of aromatic nitrogens is 3. The lowest BCUT2D eigenvalue weighted by atomic mass is 9.60. The van der Waals surface area contributed by atoms with Crippen LogP contribution in [0.3, 0.4) is 0 Å². The van der Waals surface area contributed by atoms with Crippen molar-refractivity contribution >= 4 is 0 Å². The Morgan fingerprint density at radius 2 is 1.12 bits per heavy atom. The highest BCUT2D eigenvalue weighted by molar-refractivity contribution is 4.93. The number of nitrogens with zero attached hydrogens (tertiary/aromatic N) is 2. The Kier molecular flexibility index (Phi) is 12.8. The minimum absolute atomic E-state index is 0.136. The van der Waals surface area contributed by atoms with Gasteiger partial charge in [-0.05, 0) is 109 Å². The molecule has 0 spiro atoms. The quantitative estimate of drug-likeness (QED) is 0.365. The Morgan fingerprint density at radius 1 is 0.651 bits per heavy atom. The Morgan fingerprint density at radius 3 is 1.60 bits per heavy atom. The molecule has 0 aromatic carbocycles. The van der Waals surface area contributed by atoms with Gasteiger partial charge in [0.15, 0.2) is 0 Å². The standard InChI is InChI=1S/C25H43N3O3.C10H20.C2H6/c1-8-18-11-24(5,6)15-25(7,13-18)16-28-21(30)26-20(29)27(22(28)31)14-19-9-17(2)10-23(3,4)12-19;1-8-5-9(2)7-10(3,4)6-8;1-2/h17-19H,8-16H2,1-7H3,(H,26,29,30);8-9H,5-7H2,1-4H3;1-2H3. The van der Waals surface area contributed by atoms with E-state index in [9.17, 15) is 14.4 Å². The monoisotopic (exact) mass is 604 g/mol. The molecule has 0 amide bonds. The Bertz CT molecular complexity index is 1190. The molecule has 3 aliphatic carbocycles. The lowest BCUT2D eigenvalue weighted by Crippen LogP contribution is -2.53. The molecule has 1 aromatic rings. The van der Waals surface area contributed by atoms with Gasteiger partial charge in [-0.2, -0.15) is 0 Å². The van der Waals surface area contributed by atoms with Gasteiger partial charge in [0.25, 0.3) is 0 Å². The molecule has 0 saturated heterocycles. The topological polar surface area (TPSA) is 76.9 Å². The molecule has 0 bridgehead atoms. The van der Waals surface area contributed by atoms with Crippen LogP contribution in [0.2, 0.25) is 0 Å². The summed E-state index contributed by atoms with van der Waals surface area (Å²) in [7, 11) is 0. The van der Waals surface area contributed by atoms with Crippen LogP contribution in [0.25, 0.3) is 0 Å². The van der Waals surface area contributed by atoms with Gasteiger partial charge < -0.3 is 0 Å². The largest absolute Gasteiger partial charge is 0.336 e. The van der Waals surface area contributed by atoms with Gasteiger partial charge >= 0.3 is 17.1 Å². The molecule has 1 aromatic heterocycles. The van der Waals surface area contributed by atoms with Crippen LogP contribution in [-0.2, 0) is 13.1 Å². The summed E-state index contributed by atoms with van der Waals surface area (Å²) in [5, 5.41) is 0. The van der Waals surface area contributed by atoms with Crippen molar-refractivity contribution in [1.82, 2.24) is 14.1 Å². The summed E-state index contributed by atoms with van der Waals surface area (Å²) in [6, 6.07) is 0. The summed E-state index contributed by atoms with van der Waals surface area (Å²) >= 11 is 0. The van der Waals surface area contributed by atoms with Crippen LogP contribution >= 0.6 is 0 Å². The Hall–Kier alpha value is -1.59. The van der Waals surface area contributed by atoms with Crippen LogP contribution in [0.15, 0.2) is 14.4 Å². The summed E-state index contributed by atoms with van der Waals surface area (Å²) in [4.78, 5) is 41.1. The van der Waals surface area contributed by atoms with Gasteiger partial charge in [-0.15, -0.1) is 0 Å². The molecule has 0 radical (unpaired) electrons. The Balaban J connectivity index is 0.000000451. The van der Waals surface area contributed by atoms with Crippen molar-refractivity contribution in [3.63, 3.8) is 0 Å². The maximum absolute atomic E-state index is 13.4. The molecule has 3 saturated carbocycles. The fourth-order valence-corrected chi connectivity index (χ4v) is 10.3. The molecule has 6 nitrogen and oxygen atoms in total. The van der Waals surface area contributed by atoms with E-state index >= 15 is 0 Å². The lowest BCUT2D eigenvalue weighted by Gasteiger charge is -2.46. The molecule has 1 N–H and O–H groups in total. The molecular formula is C37H69N3O3. The van der Waals surface area contributed by atoms with Crippen molar-refractivity contribution < 1.29 is 0 Å². The first-order valence-electron chi connectivity index (χ1n) is 17.7. The third-order valence-corrected chi connectivity index (χ3v) is 10.3. The second kappa shape index (κ2) is 14.7. The van der Waals surface area contributed by atoms with Crippen molar-refractivity contribution in [3.8, 4) is 0 Å². The van der Waals surface area contributed by atoms with Gasteiger partial charge in [0.1, 0.15) is 0 Å². The van der Waals surface area contributed by atoms with Crippen molar-refractivity contribution in [1.29, 1.82) is 0 Å². The molecule has 3 aliphatic rings. The minimum atomic E-state index is -0.568. The van der Waals surface area contributed by atoms with Gasteiger partial charge in [-0.25, -0.2) is 23.5 Å². The maximum atomic E-state index is 13.4. The molecule has 43 heavy (non-hydrogen) atoms. The first-order chi connectivity index (χ1) is 19.7.